The number of methoxy groups -OCH3 is 1. The lowest BCUT2D eigenvalue weighted by Gasteiger charge is -2.26. The number of hydrogen-bond donors (Lipinski definition) is 3. The Hall–Kier alpha value is -1.44. The molecule has 1 aliphatic rings. The minimum Gasteiger partial charge on any atom is -0.378 e. The first-order valence-corrected chi connectivity index (χ1v) is 5.43. The van der Waals surface area contributed by atoms with E-state index in [9.17, 15) is 0 Å². The van der Waals surface area contributed by atoms with Gasteiger partial charge in [0.15, 0.2) is 0 Å². The van der Waals surface area contributed by atoms with E-state index >= 15 is 0 Å². The summed E-state index contributed by atoms with van der Waals surface area (Å²) in [5.41, 5.74) is 2.21. The summed E-state index contributed by atoms with van der Waals surface area (Å²) in [4.78, 5) is 8.03. The summed E-state index contributed by atoms with van der Waals surface area (Å²) >= 11 is 0. The first-order chi connectivity index (χ1) is 8.28. The number of anilines is 2. The molecule has 1 unspecified atom stereocenters. The maximum absolute atomic E-state index is 5.51. The van der Waals surface area contributed by atoms with E-state index < -0.39 is 0 Å². The van der Waals surface area contributed by atoms with Crippen molar-refractivity contribution in [2.45, 2.75) is 12.0 Å². The molecule has 0 spiro atoms. The number of rotatable bonds is 5. The molecule has 1 aliphatic heterocycles. The highest BCUT2D eigenvalue weighted by Gasteiger charge is 2.34. The van der Waals surface area contributed by atoms with Gasteiger partial charge in [-0.2, -0.15) is 0 Å². The van der Waals surface area contributed by atoms with Gasteiger partial charge in [0.25, 0.3) is 0 Å². The van der Waals surface area contributed by atoms with Gasteiger partial charge in [0, 0.05) is 32.7 Å². The van der Waals surface area contributed by atoms with Crippen molar-refractivity contribution in [1.82, 2.24) is 9.97 Å². The average Bonchev–Trinajstić information content (AvgIpc) is 2.86. The van der Waals surface area contributed by atoms with E-state index in [1.807, 2.05) is 0 Å². The molecule has 4 N–H and O–H groups in total. The number of nitrogens with two attached hydrogens (primary N) is 1. The van der Waals surface area contributed by atoms with E-state index in [-0.39, 0.29) is 5.60 Å². The van der Waals surface area contributed by atoms with E-state index in [2.05, 4.69) is 20.7 Å². The molecule has 0 radical (unpaired) electrons. The summed E-state index contributed by atoms with van der Waals surface area (Å²) in [5, 5.41) is 3.20. The van der Waals surface area contributed by atoms with Crippen molar-refractivity contribution in [2.24, 2.45) is 5.84 Å². The molecule has 94 valence electrons. The van der Waals surface area contributed by atoms with Gasteiger partial charge in [0.05, 0.1) is 6.61 Å². The Morgan fingerprint density at radius 3 is 3.00 bits per heavy atom. The Kier molecular flexibility index (Phi) is 3.72. The highest BCUT2D eigenvalue weighted by molar-refractivity contribution is 5.45. The van der Waals surface area contributed by atoms with Crippen molar-refractivity contribution in [3.05, 3.63) is 12.4 Å². The number of nitrogens with one attached hydrogen (secondary N) is 2. The van der Waals surface area contributed by atoms with Crippen LogP contribution in [-0.2, 0) is 9.47 Å². The molecule has 2 heterocycles. The lowest BCUT2D eigenvalue weighted by Crippen LogP contribution is -2.39. The van der Waals surface area contributed by atoms with Crippen molar-refractivity contribution in [1.29, 1.82) is 0 Å². The van der Waals surface area contributed by atoms with Crippen LogP contribution in [0.3, 0.4) is 0 Å². The van der Waals surface area contributed by atoms with E-state index in [0.29, 0.717) is 24.8 Å². The standard InChI is InChI=1S/C10H17N5O2/c1-16-10(2-3-17-6-10)5-12-8-4-9(15-11)14-7-13-8/h4,7H,2-3,5-6,11H2,1H3,(H2,12,13,14,15). The van der Waals surface area contributed by atoms with Crippen LogP contribution in [0.2, 0.25) is 0 Å². The Labute approximate surface area is 99.7 Å². The molecule has 1 saturated heterocycles. The molecule has 0 aromatic carbocycles. The van der Waals surface area contributed by atoms with Crippen molar-refractivity contribution >= 4 is 11.6 Å². The van der Waals surface area contributed by atoms with Crippen LogP contribution < -0.4 is 16.6 Å². The topological polar surface area (TPSA) is 94.3 Å². The zero-order valence-corrected chi connectivity index (χ0v) is 9.77. The molecular formula is C10H17N5O2. The van der Waals surface area contributed by atoms with Gasteiger partial charge < -0.3 is 20.2 Å². The molecule has 0 saturated carbocycles. The Morgan fingerprint density at radius 1 is 1.53 bits per heavy atom. The Morgan fingerprint density at radius 2 is 2.35 bits per heavy atom. The largest absolute Gasteiger partial charge is 0.378 e. The second kappa shape index (κ2) is 5.26. The van der Waals surface area contributed by atoms with Gasteiger partial charge in [-0.3, -0.25) is 0 Å². The first-order valence-electron chi connectivity index (χ1n) is 5.43. The maximum Gasteiger partial charge on any atom is 0.145 e. The predicted molar refractivity (Wildman–Crippen MR) is 63.5 cm³/mol. The number of hydrogen-bond acceptors (Lipinski definition) is 7. The van der Waals surface area contributed by atoms with Gasteiger partial charge in [-0.25, -0.2) is 15.8 Å². The van der Waals surface area contributed by atoms with Crippen LogP contribution in [0.4, 0.5) is 11.6 Å². The summed E-state index contributed by atoms with van der Waals surface area (Å²) < 4.78 is 10.9. The monoisotopic (exact) mass is 239 g/mol. The molecule has 0 amide bonds. The normalized spacial score (nSPS) is 23.6. The molecule has 7 heteroatoms. The zero-order valence-electron chi connectivity index (χ0n) is 9.77. The van der Waals surface area contributed by atoms with E-state index in [0.717, 1.165) is 13.0 Å². The lowest BCUT2D eigenvalue weighted by molar-refractivity contribution is -0.00625. The summed E-state index contributed by atoms with van der Waals surface area (Å²) in [6.45, 7) is 1.98. The quantitative estimate of drug-likeness (QED) is 0.491. The van der Waals surface area contributed by atoms with Crippen LogP contribution in [0, 0.1) is 0 Å². The molecular weight excluding hydrogens is 222 g/mol. The number of aromatic nitrogens is 2. The fourth-order valence-electron chi connectivity index (χ4n) is 1.75. The Balaban J connectivity index is 1.96. The number of nitrogens with zero attached hydrogens (tertiary/aromatic N) is 2. The molecule has 1 fully saturated rings. The second-order valence-electron chi connectivity index (χ2n) is 3.98. The van der Waals surface area contributed by atoms with Crippen molar-refractivity contribution in [2.75, 3.05) is 37.6 Å². The summed E-state index contributed by atoms with van der Waals surface area (Å²) in [7, 11) is 1.70. The lowest BCUT2D eigenvalue weighted by atomic mass is 10.0. The number of nitrogen functional groups attached to an aromatic ring is 1. The smallest absolute Gasteiger partial charge is 0.145 e. The molecule has 2 rings (SSSR count). The van der Waals surface area contributed by atoms with Gasteiger partial charge in [-0.15, -0.1) is 0 Å². The highest BCUT2D eigenvalue weighted by Crippen LogP contribution is 2.23. The highest BCUT2D eigenvalue weighted by atomic mass is 16.5. The van der Waals surface area contributed by atoms with Crippen LogP contribution in [0.25, 0.3) is 0 Å². The van der Waals surface area contributed by atoms with Gasteiger partial charge in [-0.05, 0) is 0 Å². The molecule has 0 aliphatic carbocycles. The molecule has 1 atom stereocenters. The first kappa shape index (κ1) is 12.0. The predicted octanol–water partition coefficient (Wildman–Crippen LogP) is -0.0204. The van der Waals surface area contributed by atoms with Crippen LogP contribution >= 0.6 is 0 Å². The van der Waals surface area contributed by atoms with Crippen LogP contribution in [0.5, 0.6) is 0 Å². The van der Waals surface area contributed by atoms with E-state index in [1.54, 1.807) is 13.2 Å². The second-order valence-corrected chi connectivity index (χ2v) is 3.98. The minimum absolute atomic E-state index is 0.263. The molecule has 0 bridgehead atoms. The fraction of sp³-hybridized carbons (Fsp3) is 0.600. The number of hydrazine groups is 1. The number of ether oxygens (including phenoxy) is 2. The van der Waals surface area contributed by atoms with Gasteiger partial charge >= 0.3 is 0 Å². The van der Waals surface area contributed by atoms with Gasteiger partial charge in [0.1, 0.15) is 23.6 Å². The van der Waals surface area contributed by atoms with Gasteiger partial charge in [-0.1, -0.05) is 0 Å². The minimum atomic E-state index is -0.263. The van der Waals surface area contributed by atoms with E-state index in [4.69, 9.17) is 15.3 Å². The fourth-order valence-corrected chi connectivity index (χ4v) is 1.75. The maximum atomic E-state index is 5.51. The molecule has 1 aromatic heterocycles. The van der Waals surface area contributed by atoms with Crippen LogP contribution in [-0.4, -0.2) is 42.4 Å². The summed E-state index contributed by atoms with van der Waals surface area (Å²) in [5.74, 6) is 6.55. The van der Waals surface area contributed by atoms with Crippen molar-refractivity contribution < 1.29 is 9.47 Å². The Bertz CT molecular complexity index is 367. The van der Waals surface area contributed by atoms with Gasteiger partial charge in [0.2, 0.25) is 0 Å². The summed E-state index contributed by atoms with van der Waals surface area (Å²) in [6.07, 6.45) is 2.33. The third-order valence-electron chi connectivity index (χ3n) is 2.91. The average molecular weight is 239 g/mol. The third kappa shape index (κ3) is 2.82. The molecule has 17 heavy (non-hydrogen) atoms. The SMILES string of the molecule is COC1(CNc2cc(NN)ncn2)CCOC1. The van der Waals surface area contributed by atoms with Crippen molar-refractivity contribution in [3.8, 4) is 0 Å². The van der Waals surface area contributed by atoms with Crippen LogP contribution in [0.15, 0.2) is 12.4 Å². The molecule has 7 nitrogen and oxygen atoms in total. The van der Waals surface area contributed by atoms with Crippen LogP contribution in [0.1, 0.15) is 6.42 Å². The zero-order chi connectivity index (χ0) is 12.1. The van der Waals surface area contributed by atoms with E-state index in [1.165, 1.54) is 6.33 Å². The third-order valence-corrected chi connectivity index (χ3v) is 2.91. The van der Waals surface area contributed by atoms with Crippen molar-refractivity contribution in [3.63, 3.8) is 0 Å². The summed E-state index contributed by atoms with van der Waals surface area (Å²) in [6, 6.07) is 1.74. The molecule has 1 aromatic rings.